The lowest BCUT2D eigenvalue weighted by Gasteiger charge is -2.19. The second-order valence-corrected chi connectivity index (χ2v) is 4.19. The summed E-state index contributed by atoms with van der Waals surface area (Å²) in [6, 6.07) is 5.09. The van der Waals surface area contributed by atoms with E-state index in [2.05, 4.69) is 10.3 Å². The maximum atomic E-state index is 13.8. The summed E-state index contributed by atoms with van der Waals surface area (Å²) in [5.74, 6) is -3.86. The number of halogens is 3. The number of nitrogens with zero attached hydrogens (tertiary/aromatic N) is 1. The number of aromatic nitrogens is 1. The molecule has 2 aromatic rings. The molecule has 0 bridgehead atoms. The van der Waals surface area contributed by atoms with Crippen LogP contribution >= 0.6 is 0 Å². The number of hydrogen-bond acceptors (Lipinski definition) is 2. The van der Waals surface area contributed by atoms with E-state index in [9.17, 15) is 13.2 Å². The van der Waals surface area contributed by atoms with Crippen molar-refractivity contribution in [3.8, 4) is 0 Å². The largest absolute Gasteiger partial charge is 0.308 e. The molecule has 0 saturated carbocycles. The first-order valence-corrected chi connectivity index (χ1v) is 5.78. The van der Waals surface area contributed by atoms with Gasteiger partial charge in [-0.15, -0.1) is 0 Å². The van der Waals surface area contributed by atoms with Crippen molar-refractivity contribution in [1.29, 1.82) is 0 Å². The first-order valence-electron chi connectivity index (χ1n) is 5.78. The van der Waals surface area contributed by atoms with E-state index < -0.39 is 23.5 Å². The third-order valence-corrected chi connectivity index (χ3v) is 2.99. The van der Waals surface area contributed by atoms with Gasteiger partial charge in [0.05, 0.1) is 11.7 Å². The van der Waals surface area contributed by atoms with Gasteiger partial charge in [-0.1, -0.05) is 12.1 Å². The smallest absolute Gasteiger partial charge is 0.194 e. The molecule has 100 valence electrons. The second-order valence-electron chi connectivity index (χ2n) is 4.19. The Morgan fingerprint density at radius 1 is 1.11 bits per heavy atom. The molecule has 1 heterocycles. The molecule has 2 nitrogen and oxygen atoms in total. The molecular formula is C14H13F3N2. The lowest BCUT2D eigenvalue weighted by atomic mass is 9.99. The number of benzene rings is 1. The molecule has 1 aromatic carbocycles. The highest BCUT2D eigenvalue weighted by molar-refractivity contribution is 5.33. The van der Waals surface area contributed by atoms with Crippen LogP contribution in [0.15, 0.2) is 30.5 Å². The lowest BCUT2D eigenvalue weighted by molar-refractivity contribution is 0.434. The van der Waals surface area contributed by atoms with Gasteiger partial charge in [0.2, 0.25) is 0 Å². The van der Waals surface area contributed by atoms with Crippen LogP contribution in [0.1, 0.15) is 22.9 Å². The van der Waals surface area contributed by atoms with Crippen LogP contribution in [0.4, 0.5) is 13.2 Å². The van der Waals surface area contributed by atoms with Crippen LogP contribution in [0.5, 0.6) is 0 Å². The Bertz CT molecular complexity index is 599. The van der Waals surface area contributed by atoms with Gasteiger partial charge in [-0.25, -0.2) is 13.2 Å². The van der Waals surface area contributed by atoms with Crippen LogP contribution in [0.25, 0.3) is 0 Å². The minimum Gasteiger partial charge on any atom is -0.308 e. The summed E-state index contributed by atoms with van der Waals surface area (Å²) in [7, 11) is 1.61. The van der Waals surface area contributed by atoms with Gasteiger partial charge in [0, 0.05) is 11.8 Å². The Morgan fingerprint density at radius 3 is 2.47 bits per heavy atom. The molecule has 19 heavy (non-hydrogen) atoms. The Labute approximate surface area is 109 Å². The summed E-state index contributed by atoms with van der Waals surface area (Å²) in [6.07, 6.45) is 1.57. The Hall–Kier alpha value is -1.88. The highest BCUT2D eigenvalue weighted by Crippen LogP contribution is 2.27. The van der Waals surface area contributed by atoms with Crippen molar-refractivity contribution in [3.63, 3.8) is 0 Å². The maximum absolute atomic E-state index is 13.8. The highest BCUT2D eigenvalue weighted by atomic mass is 19.2. The zero-order chi connectivity index (χ0) is 14.0. The summed E-state index contributed by atoms with van der Waals surface area (Å²) in [5, 5.41) is 2.87. The van der Waals surface area contributed by atoms with Crippen LogP contribution < -0.4 is 5.32 Å². The number of nitrogens with one attached hydrogen (secondary N) is 1. The van der Waals surface area contributed by atoms with Crippen molar-refractivity contribution in [2.24, 2.45) is 0 Å². The molecule has 0 aliphatic carbocycles. The van der Waals surface area contributed by atoms with E-state index in [1.54, 1.807) is 19.3 Å². The molecule has 1 aromatic heterocycles. The molecule has 5 heteroatoms. The summed E-state index contributed by atoms with van der Waals surface area (Å²) in [6.45, 7) is 1.82. The molecule has 0 amide bonds. The van der Waals surface area contributed by atoms with Crippen LogP contribution in [-0.4, -0.2) is 12.0 Å². The van der Waals surface area contributed by atoms with Gasteiger partial charge in [0.1, 0.15) is 0 Å². The molecule has 0 saturated heterocycles. The Morgan fingerprint density at radius 2 is 1.84 bits per heavy atom. The van der Waals surface area contributed by atoms with Gasteiger partial charge in [0.15, 0.2) is 17.5 Å². The van der Waals surface area contributed by atoms with Gasteiger partial charge in [-0.3, -0.25) is 4.98 Å². The fraction of sp³-hybridized carbons (Fsp3) is 0.214. The molecule has 0 aliphatic rings. The summed E-state index contributed by atoms with van der Waals surface area (Å²) >= 11 is 0. The molecule has 0 spiro atoms. The van der Waals surface area contributed by atoms with Gasteiger partial charge in [-0.2, -0.15) is 0 Å². The van der Waals surface area contributed by atoms with Crippen molar-refractivity contribution in [2.45, 2.75) is 13.0 Å². The number of pyridine rings is 1. The molecule has 1 unspecified atom stereocenters. The van der Waals surface area contributed by atoms with Gasteiger partial charge in [0.25, 0.3) is 0 Å². The van der Waals surface area contributed by atoms with E-state index >= 15 is 0 Å². The molecule has 2 rings (SSSR count). The van der Waals surface area contributed by atoms with Gasteiger partial charge < -0.3 is 5.32 Å². The van der Waals surface area contributed by atoms with Crippen molar-refractivity contribution in [1.82, 2.24) is 10.3 Å². The van der Waals surface area contributed by atoms with Gasteiger partial charge >= 0.3 is 0 Å². The van der Waals surface area contributed by atoms with Crippen LogP contribution in [0.3, 0.4) is 0 Å². The minimum absolute atomic E-state index is 0.0307. The molecular weight excluding hydrogens is 253 g/mol. The number of rotatable bonds is 3. The van der Waals surface area contributed by atoms with Crippen molar-refractivity contribution in [3.05, 3.63) is 64.7 Å². The van der Waals surface area contributed by atoms with Crippen molar-refractivity contribution >= 4 is 0 Å². The van der Waals surface area contributed by atoms with Crippen LogP contribution in [-0.2, 0) is 0 Å². The third kappa shape index (κ3) is 2.46. The molecule has 1 N–H and O–H groups in total. The molecule has 1 atom stereocenters. The zero-order valence-electron chi connectivity index (χ0n) is 10.5. The first-order chi connectivity index (χ1) is 9.06. The topological polar surface area (TPSA) is 24.9 Å². The summed E-state index contributed by atoms with van der Waals surface area (Å²) in [4.78, 5) is 4.17. The second kappa shape index (κ2) is 5.40. The van der Waals surface area contributed by atoms with E-state index in [-0.39, 0.29) is 5.56 Å². The van der Waals surface area contributed by atoms with E-state index in [4.69, 9.17) is 0 Å². The number of hydrogen-bond donors (Lipinski definition) is 1. The monoisotopic (exact) mass is 266 g/mol. The van der Waals surface area contributed by atoms with Gasteiger partial charge in [-0.05, 0) is 31.7 Å². The van der Waals surface area contributed by atoms with E-state index in [0.717, 1.165) is 11.6 Å². The normalized spacial score (nSPS) is 12.5. The highest BCUT2D eigenvalue weighted by Gasteiger charge is 2.22. The minimum atomic E-state index is -1.47. The zero-order valence-corrected chi connectivity index (χ0v) is 10.5. The fourth-order valence-electron chi connectivity index (χ4n) is 2.00. The molecule has 0 radical (unpaired) electrons. The summed E-state index contributed by atoms with van der Waals surface area (Å²) < 4.78 is 40.1. The maximum Gasteiger partial charge on any atom is 0.194 e. The van der Waals surface area contributed by atoms with Crippen molar-refractivity contribution < 1.29 is 13.2 Å². The van der Waals surface area contributed by atoms with Crippen LogP contribution in [0, 0.1) is 24.4 Å². The Balaban J connectivity index is 2.55. The lowest BCUT2D eigenvalue weighted by Crippen LogP contribution is -2.21. The number of aryl methyl sites for hydroxylation is 1. The third-order valence-electron chi connectivity index (χ3n) is 2.99. The van der Waals surface area contributed by atoms with Crippen molar-refractivity contribution in [2.75, 3.05) is 7.05 Å². The predicted octanol–water partition coefficient (Wildman–Crippen LogP) is 3.12. The summed E-state index contributed by atoms with van der Waals surface area (Å²) in [5.41, 5.74) is 1.45. The van der Waals surface area contributed by atoms with Crippen LogP contribution in [0.2, 0.25) is 0 Å². The molecule has 0 fully saturated rings. The van der Waals surface area contributed by atoms with E-state index in [0.29, 0.717) is 5.69 Å². The van der Waals surface area contributed by atoms with E-state index in [1.807, 2.05) is 13.0 Å². The predicted molar refractivity (Wildman–Crippen MR) is 66.2 cm³/mol. The average molecular weight is 266 g/mol. The first kappa shape index (κ1) is 13.5. The average Bonchev–Trinajstić information content (AvgIpc) is 2.41. The SMILES string of the molecule is CNC(c1ccc(F)c(F)c1F)c1ncccc1C. The standard InChI is InChI=1S/C14H13F3N2/c1-8-4-3-7-19-13(8)14(18-2)9-5-6-10(15)12(17)11(9)16/h3-7,14,18H,1-2H3. The molecule has 0 aliphatic heterocycles. The fourth-order valence-corrected chi connectivity index (χ4v) is 2.00. The quantitative estimate of drug-likeness (QED) is 0.863. The Kier molecular flexibility index (Phi) is 3.85. The van der Waals surface area contributed by atoms with E-state index in [1.165, 1.54) is 6.07 Å².